The molecule has 0 bridgehead atoms. The van der Waals surface area contributed by atoms with Gasteiger partial charge in [0.05, 0.1) is 0 Å². The number of halogens is 2. The maximum Gasteiger partial charge on any atom is 0.248 e. The molecule has 0 aromatic rings. The molecule has 140 valence electrons. The molecule has 2 aliphatic rings. The van der Waals surface area contributed by atoms with E-state index in [0.29, 0.717) is 24.2 Å². The lowest BCUT2D eigenvalue weighted by molar-refractivity contribution is -0.0582. The Kier molecular flexibility index (Phi) is 8.71. The van der Waals surface area contributed by atoms with Crippen LogP contribution in [-0.4, -0.2) is 18.5 Å². The standard InChI is InChI=1S/C10H18F2.C9H19N.CH4/c1-9(2,3)8-4-6-10(11,12)7-5-8;1-9(2,3)8-6-4-5-7-10-8;/h8H,4-7H2,1-3H3;8,10H,4-7H2,1-3H3;1H4. The number of piperidine rings is 1. The number of rotatable bonds is 0. The van der Waals surface area contributed by atoms with Gasteiger partial charge in [-0.25, -0.2) is 8.78 Å². The molecule has 0 radical (unpaired) electrons. The molecule has 1 saturated carbocycles. The lowest BCUT2D eigenvalue weighted by Crippen LogP contribution is -2.43. The summed E-state index contributed by atoms with van der Waals surface area (Å²) in [6, 6.07) is 0.751. The molecule has 1 saturated heterocycles. The number of alkyl halides is 2. The van der Waals surface area contributed by atoms with E-state index in [-0.39, 0.29) is 25.7 Å². The second-order valence-electron chi connectivity index (χ2n) is 9.36. The van der Waals surface area contributed by atoms with Crippen LogP contribution in [0.5, 0.6) is 0 Å². The Labute approximate surface area is 144 Å². The summed E-state index contributed by atoms with van der Waals surface area (Å²) >= 11 is 0. The zero-order valence-corrected chi connectivity index (χ0v) is 15.6. The van der Waals surface area contributed by atoms with Gasteiger partial charge in [0.15, 0.2) is 0 Å². The minimum atomic E-state index is -2.37. The molecule has 1 unspecified atom stereocenters. The summed E-state index contributed by atoms with van der Waals surface area (Å²) in [7, 11) is 0. The highest BCUT2D eigenvalue weighted by Gasteiger charge is 2.38. The Hall–Kier alpha value is -0.180. The van der Waals surface area contributed by atoms with Crippen molar-refractivity contribution < 1.29 is 8.78 Å². The second kappa shape index (κ2) is 8.78. The molecule has 2 rings (SSSR count). The quantitative estimate of drug-likeness (QED) is 0.522. The van der Waals surface area contributed by atoms with Crippen molar-refractivity contribution in [2.24, 2.45) is 16.7 Å². The summed E-state index contributed by atoms with van der Waals surface area (Å²) in [6.07, 6.45) is 5.71. The highest BCUT2D eigenvalue weighted by atomic mass is 19.3. The van der Waals surface area contributed by atoms with Crippen molar-refractivity contribution in [3.8, 4) is 0 Å². The summed E-state index contributed by atoms with van der Waals surface area (Å²) in [6.45, 7) is 14.6. The molecule has 1 N–H and O–H groups in total. The summed E-state index contributed by atoms with van der Waals surface area (Å²) in [5.74, 6) is -1.89. The van der Waals surface area contributed by atoms with Crippen molar-refractivity contribution in [1.82, 2.24) is 5.32 Å². The Balaban J connectivity index is 0.000000409. The van der Waals surface area contributed by atoms with Crippen LogP contribution >= 0.6 is 0 Å². The Morgan fingerprint density at radius 1 is 0.826 bits per heavy atom. The van der Waals surface area contributed by atoms with Gasteiger partial charge in [-0.05, 0) is 49.0 Å². The van der Waals surface area contributed by atoms with Gasteiger partial charge in [0.2, 0.25) is 5.92 Å². The first-order valence-corrected chi connectivity index (χ1v) is 9.03. The second-order valence-corrected chi connectivity index (χ2v) is 9.36. The van der Waals surface area contributed by atoms with Crippen molar-refractivity contribution in [2.45, 2.75) is 106 Å². The van der Waals surface area contributed by atoms with Crippen LogP contribution in [-0.2, 0) is 0 Å². The molecule has 1 nitrogen and oxygen atoms in total. The molecule has 1 aliphatic carbocycles. The SMILES string of the molecule is C.CC(C)(C)C1CCC(F)(F)CC1.CC(C)(C)C1CCCCN1. The van der Waals surface area contributed by atoms with Gasteiger partial charge < -0.3 is 5.32 Å². The fraction of sp³-hybridized carbons (Fsp3) is 1.00. The van der Waals surface area contributed by atoms with Crippen LogP contribution in [0.2, 0.25) is 0 Å². The van der Waals surface area contributed by atoms with E-state index in [1.165, 1.54) is 25.8 Å². The maximum absolute atomic E-state index is 12.8. The van der Waals surface area contributed by atoms with E-state index in [0.717, 1.165) is 6.04 Å². The minimum absolute atomic E-state index is 0. The van der Waals surface area contributed by atoms with Crippen LogP contribution in [0.15, 0.2) is 0 Å². The van der Waals surface area contributed by atoms with E-state index < -0.39 is 5.92 Å². The number of hydrogen-bond acceptors (Lipinski definition) is 1. The average molecular weight is 334 g/mol. The van der Waals surface area contributed by atoms with Crippen LogP contribution in [0.4, 0.5) is 8.78 Å². The molecule has 2 fully saturated rings. The fourth-order valence-corrected chi connectivity index (χ4v) is 3.50. The fourth-order valence-electron chi connectivity index (χ4n) is 3.50. The van der Waals surface area contributed by atoms with E-state index in [9.17, 15) is 8.78 Å². The topological polar surface area (TPSA) is 12.0 Å². The lowest BCUT2D eigenvalue weighted by atomic mass is 9.71. The van der Waals surface area contributed by atoms with Gasteiger partial charge in [0, 0.05) is 18.9 Å². The molecule has 0 spiro atoms. The van der Waals surface area contributed by atoms with Crippen LogP contribution < -0.4 is 5.32 Å². The average Bonchev–Trinajstić information content (AvgIpc) is 2.38. The first-order valence-electron chi connectivity index (χ1n) is 9.03. The molecule has 1 heterocycles. The van der Waals surface area contributed by atoms with Gasteiger partial charge in [-0.1, -0.05) is 55.4 Å². The molecular formula is C20H41F2N. The highest BCUT2D eigenvalue weighted by molar-refractivity contribution is 4.84. The van der Waals surface area contributed by atoms with Gasteiger partial charge >= 0.3 is 0 Å². The summed E-state index contributed by atoms with van der Waals surface area (Å²) in [5.41, 5.74) is 0.664. The smallest absolute Gasteiger partial charge is 0.248 e. The molecule has 23 heavy (non-hydrogen) atoms. The number of nitrogens with one attached hydrogen (secondary N) is 1. The third kappa shape index (κ3) is 8.47. The van der Waals surface area contributed by atoms with Gasteiger partial charge in [-0.3, -0.25) is 0 Å². The van der Waals surface area contributed by atoms with Gasteiger partial charge in [-0.15, -0.1) is 0 Å². The van der Waals surface area contributed by atoms with E-state index in [1.54, 1.807) is 0 Å². The van der Waals surface area contributed by atoms with E-state index in [4.69, 9.17) is 0 Å². The normalized spacial score (nSPS) is 25.8. The summed E-state index contributed by atoms with van der Waals surface area (Å²) < 4.78 is 25.5. The van der Waals surface area contributed by atoms with E-state index in [1.807, 2.05) is 0 Å². The number of hydrogen-bond donors (Lipinski definition) is 1. The largest absolute Gasteiger partial charge is 0.313 e. The molecule has 0 aromatic carbocycles. The van der Waals surface area contributed by atoms with Crippen LogP contribution in [0.25, 0.3) is 0 Å². The van der Waals surface area contributed by atoms with Crippen molar-refractivity contribution in [1.29, 1.82) is 0 Å². The molecule has 1 aliphatic heterocycles. The lowest BCUT2D eigenvalue weighted by Gasteiger charge is -2.36. The van der Waals surface area contributed by atoms with Crippen molar-refractivity contribution in [2.75, 3.05) is 6.54 Å². The van der Waals surface area contributed by atoms with Crippen LogP contribution in [0.3, 0.4) is 0 Å². The van der Waals surface area contributed by atoms with E-state index in [2.05, 4.69) is 46.9 Å². The monoisotopic (exact) mass is 333 g/mol. The first-order chi connectivity index (χ1) is 9.92. The van der Waals surface area contributed by atoms with Gasteiger partial charge in [0.1, 0.15) is 0 Å². The van der Waals surface area contributed by atoms with E-state index >= 15 is 0 Å². The van der Waals surface area contributed by atoms with Crippen molar-refractivity contribution in [3.63, 3.8) is 0 Å². The summed E-state index contributed by atoms with van der Waals surface area (Å²) in [4.78, 5) is 0. The maximum atomic E-state index is 12.8. The predicted molar refractivity (Wildman–Crippen MR) is 98.2 cm³/mol. The van der Waals surface area contributed by atoms with Crippen LogP contribution in [0.1, 0.15) is 93.9 Å². The highest BCUT2D eigenvalue weighted by Crippen LogP contribution is 2.43. The third-order valence-corrected chi connectivity index (χ3v) is 5.30. The van der Waals surface area contributed by atoms with Gasteiger partial charge in [-0.2, -0.15) is 0 Å². The van der Waals surface area contributed by atoms with Crippen molar-refractivity contribution in [3.05, 3.63) is 0 Å². The minimum Gasteiger partial charge on any atom is -0.313 e. The molecular weight excluding hydrogens is 292 g/mol. The molecule has 3 heteroatoms. The summed E-state index contributed by atoms with van der Waals surface area (Å²) in [5, 5.41) is 3.56. The van der Waals surface area contributed by atoms with Crippen molar-refractivity contribution >= 4 is 0 Å². The third-order valence-electron chi connectivity index (χ3n) is 5.30. The molecule has 0 aromatic heterocycles. The Bertz CT molecular complexity index is 310. The van der Waals surface area contributed by atoms with Crippen LogP contribution in [0, 0.1) is 16.7 Å². The molecule has 0 amide bonds. The zero-order chi connectivity index (χ0) is 17.0. The zero-order valence-electron chi connectivity index (χ0n) is 15.6. The molecule has 1 atom stereocenters. The predicted octanol–water partition coefficient (Wildman–Crippen LogP) is 6.67. The van der Waals surface area contributed by atoms with Gasteiger partial charge in [0.25, 0.3) is 0 Å². The first kappa shape index (κ1) is 22.8. The Morgan fingerprint density at radius 2 is 1.35 bits per heavy atom. The Morgan fingerprint density at radius 3 is 1.65 bits per heavy atom.